The number of carbonyl (C=O) groups is 2. The van der Waals surface area contributed by atoms with Gasteiger partial charge in [0.25, 0.3) is 5.91 Å². The molecule has 1 aromatic heterocycles. The minimum Gasteiger partial charge on any atom is -0.360 e. The minimum absolute atomic E-state index is 0.00103. The van der Waals surface area contributed by atoms with Crippen LogP contribution in [0.3, 0.4) is 0 Å². The zero-order valence-electron chi connectivity index (χ0n) is 14.8. The SMILES string of the molecule is CC(N)C1CCCCN1C(=O)CNC(=O)c1c[nH]c2ccccc2c1=O. The summed E-state index contributed by atoms with van der Waals surface area (Å²) in [6.07, 6.45) is 4.25. The number of fused-ring (bicyclic) bond motifs is 1. The summed E-state index contributed by atoms with van der Waals surface area (Å²) in [5.74, 6) is -0.725. The van der Waals surface area contributed by atoms with E-state index in [0.717, 1.165) is 19.3 Å². The standard InChI is InChI=1S/C19H24N4O3/c1-12(20)16-8-4-5-9-23(16)17(24)11-22-19(26)14-10-21-15-7-3-2-6-13(15)18(14)25/h2-3,6-7,10,12,16H,4-5,8-9,11,20H2,1H3,(H,21,25)(H,22,26). The van der Waals surface area contributed by atoms with E-state index in [0.29, 0.717) is 17.4 Å². The first-order chi connectivity index (χ1) is 12.5. The minimum atomic E-state index is -0.556. The summed E-state index contributed by atoms with van der Waals surface area (Å²) in [6.45, 7) is 2.40. The molecule has 1 aliphatic rings. The van der Waals surface area contributed by atoms with Crippen LogP contribution in [0.2, 0.25) is 0 Å². The molecular formula is C19H24N4O3. The number of hydrogen-bond acceptors (Lipinski definition) is 4. The third-order valence-corrected chi connectivity index (χ3v) is 4.91. The number of carbonyl (C=O) groups excluding carboxylic acids is 2. The molecule has 0 radical (unpaired) electrons. The van der Waals surface area contributed by atoms with Crippen LogP contribution in [-0.4, -0.2) is 46.9 Å². The van der Waals surface area contributed by atoms with E-state index in [4.69, 9.17) is 5.73 Å². The number of nitrogens with zero attached hydrogens (tertiary/aromatic N) is 1. The Hall–Kier alpha value is -2.67. The van der Waals surface area contributed by atoms with Gasteiger partial charge in [-0.3, -0.25) is 14.4 Å². The van der Waals surface area contributed by atoms with E-state index >= 15 is 0 Å². The quantitative estimate of drug-likeness (QED) is 0.759. The molecule has 3 rings (SSSR count). The average molecular weight is 356 g/mol. The summed E-state index contributed by atoms with van der Waals surface area (Å²) >= 11 is 0. The summed E-state index contributed by atoms with van der Waals surface area (Å²) < 4.78 is 0. The van der Waals surface area contributed by atoms with Crippen LogP contribution < -0.4 is 16.5 Å². The van der Waals surface area contributed by atoms with E-state index in [1.807, 2.05) is 13.0 Å². The lowest BCUT2D eigenvalue weighted by Crippen LogP contribution is -2.54. The topological polar surface area (TPSA) is 108 Å². The number of para-hydroxylation sites is 1. The van der Waals surface area contributed by atoms with E-state index in [1.54, 1.807) is 23.1 Å². The number of nitrogens with two attached hydrogens (primary N) is 1. The Kier molecular flexibility index (Phi) is 5.37. The Morgan fingerprint density at radius 2 is 2.12 bits per heavy atom. The van der Waals surface area contributed by atoms with Gasteiger partial charge in [-0.05, 0) is 38.3 Å². The molecule has 0 spiro atoms. The Morgan fingerprint density at radius 1 is 1.35 bits per heavy atom. The van der Waals surface area contributed by atoms with Crippen molar-refractivity contribution in [2.45, 2.75) is 38.3 Å². The molecule has 1 saturated heterocycles. The van der Waals surface area contributed by atoms with Crippen LogP contribution in [0, 0.1) is 0 Å². The third-order valence-electron chi connectivity index (χ3n) is 4.91. The van der Waals surface area contributed by atoms with Gasteiger partial charge in [-0.1, -0.05) is 12.1 Å². The van der Waals surface area contributed by atoms with E-state index in [2.05, 4.69) is 10.3 Å². The number of H-pyrrole nitrogens is 1. The summed E-state index contributed by atoms with van der Waals surface area (Å²) in [6, 6.07) is 6.87. The van der Waals surface area contributed by atoms with Gasteiger partial charge in [0.05, 0.1) is 6.54 Å². The van der Waals surface area contributed by atoms with Crippen molar-refractivity contribution in [3.05, 3.63) is 46.2 Å². The lowest BCUT2D eigenvalue weighted by atomic mass is 9.97. The van der Waals surface area contributed by atoms with E-state index < -0.39 is 5.91 Å². The number of piperidine rings is 1. The number of pyridine rings is 1. The summed E-state index contributed by atoms with van der Waals surface area (Å²) in [7, 11) is 0. The highest BCUT2D eigenvalue weighted by atomic mass is 16.2. The van der Waals surface area contributed by atoms with Gasteiger partial charge in [0.2, 0.25) is 11.3 Å². The van der Waals surface area contributed by atoms with Crippen molar-refractivity contribution in [1.29, 1.82) is 0 Å². The molecule has 7 heteroatoms. The first-order valence-corrected chi connectivity index (χ1v) is 8.92. The molecule has 1 aromatic carbocycles. The monoisotopic (exact) mass is 356 g/mol. The van der Waals surface area contributed by atoms with Crippen molar-refractivity contribution in [2.75, 3.05) is 13.1 Å². The molecule has 1 fully saturated rings. The molecule has 2 heterocycles. The van der Waals surface area contributed by atoms with E-state index in [9.17, 15) is 14.4 Å². The maximum absolute atomic E-state index is 12.5. The zero-order valence-corrected chi connectivity index (χ0v) is 14.8. The summed E-state index contributed by atoms with van der Waals surface area (Å²) in [4.78, 5) is 42.1. The highest BCUT2D eigenvalue weighted by molar-refractivity contribution is 5.98. The first kappa shape index (κ1) is 18.1. The van der Waals surface area contributed by atoms with E-state index in [1.165, 1.54) is 6.20 Å². The molecule has 2 aromatic rings. The van der Waals surface area contributed by atoms with Gasteiger partial charge < -0.3 is 20.9 Å². The molecule has 0 saturated carbocycles. The Morgan fingerprint density at radius 3 is 2.88 bits per heavy atom. The molecule has 7 nitrogen and oxygen atoms in total. The largest absolute Gasteiger partial charge is 0.360 e. The van der Waals surface area contributed by atoms with Gasteiger partial charge in [0.1, 0.15) is 5.56 Å². The number of likely N-dealkylation sites (tertiary alicyclic amines) is 1. The van der Waals surface area contributed by atoms with E-state index in [-0.39, 0.29) is 35.5 Å². The van der Waals surface area contributed by atoms with Crippen LogP contribution in [0.4, 0.5) is 0 Å². The second-order valence-corrected chi connectivity index (χ2v) is 6.77. The number of hydrogen-bond donors (Lipinski definition) is 3. The molecule has 138 valence electrons. The number of rotatable bonds is 4. The van der Waals surface area contributed by atoms with Crippen molar-refractivity contribution in [1.82, 2.24) is 15.2 Å². The number of aromatic amines is 1. The fourth-order valence-electron chi connectivity index (χ4n) is 3.50. The number of benzene rings is 1. The van der Waals surface area contributed by atoms with Gasteiger partial charge in [-0.2, -0.15) is 0 Å². The van der Waals surface area contributed by atoms with Crippen LogP contribution in [0.25, 0.3) is 10.9 Å². The van der Waals surface area contributed by atoms with Crippen molar-refractivity contribution in [2.24, 2.45) is 5.73 Å². The molecule has 1 aliphatic heterocycles. The molecule has 2 amide bonds. The van der Waals surface area contributed by atoms with Gasteiger partial charge in [0, 0.05) is 35.7 Å². The molecule has 0 bridgehead atoms. The fraction of sp³-hybridized carbons (Fsp3) is 0.421. The van der Waals surface area contributed by atoms with Gasteiger partial charge in [-0.15, -0.1) is 0 Å². The number of aromatic nitrogens is 1. The maximum atomic E-state index is 12.5. The summed E-state index contributed by atoms with van der Waals surface area (Å²) in [5, 5.41) is 3.01. The predicted octanol–water partition coefficient (Wildman–Crippen LogP) is 0.986. The lowest BCUT2D eigenvalue weighted by Gasteiger charge is -2.38. The zero-order chi connectivity index (χ0) is 18.7. The van der Waals surface area contributed by atoms with Crippen LogP contribution in [0.5, 0.6) is 0 Å². The Bertz CT molecular complexity index is 874. The third kappa shape index (κ3) is 3.62. The average Bonchev–Trinajstić information content (AvgIpc) is 2.66. The van der Waals surface area contributed by atoms with Crippen LogP contribution in [0.1, 0.15) is 36.5 Å². The summed E-state index contributed by atoms with van der Waals surface area (Å²) in [5.41, 5.74) is 6.30. The molecule has 0 aliphatic carbocycles. The number of nitrogens with one attached hydrogen (secondary N) is 2. The molecule has 4 N–H and O–H groups in total. The van der Waals surface area contributed by atoms with Gasteiger partial charge in [0.15, 0.2) is 0 Å². The first-order valence-electron chi connectivity index (χ1n) is 8.92. The normalized spacial score (nSPS) is 18.5. The maximum Gasteiger partial charge on any atom is 0.257 e. The molecule has 2 unspecified atom stereocenters. The van der Waals surface area contributed by atoms with Crippen molar-refractivity contribution in [3.63, 3.8) is 0 Å². The Balaban J connectivity index is 1.70. The predicted molar refractivity (Wildman–Crippen MR) is 99.9 cm³/mol. The van der Waals surface area contributed by atoms with Crippen molar-refractivity contribution in [3.8, 4) is 0 Å². The van der Waals surface area contributed by atoms with Crippen molar-refractivity contribution >= 4 is 22.7 Å². The smallest absolute Gasteiger partial charge is 0.257 e. The van der Waals surface area contributed by atoms with Crippen LogP contribution >= 0.6 is 0 Å². The molecule has 2 atom stereocenters. The molecule has 26 heavy (non-hydrogen) atoms. The van der Waals surface area contributed by atoms with Gasteiger partial charge in [-0.25, -0.2) is 0 Å². The van der Waals surface area contributed by atoms with Crippen molar-refractivity contribution < 1.29 is 9.59 Å². The van der Waals surface area contributed by atoms with Crippen LogP contribution in [-0.2, 0) is 4.79 Å². The lowest BCUT2D eigenvalue weighted by molar-refractivity contribution is -0.134. The second kappa shape index (κ2) is 7.70. The van der Waals surface area contributed by atoms with Gasteiger partial charge >= 0.3 is 0 Å². The number of amides is 2. The highest BCUT2D eigenvalue weighted by Gasteiger charge is 2.29. The second-order valence-electron chi connectivity index (χ2n) is 6.77. The highest BCUT2D eigenvalue weighted by Crippen LogP contribution is 2.19. The van der Waals surface area contributed by atoms with Crippen LogP contribution in [0.15, 0.2) is 35.3 Å². The molecular weight excluding hydrogens is 332 g/mol. The fourth-order valence-corrected chi connectivity index (χ4v) is 3.50. The Labute approximate surface area is 151 Å².